The van der Waals surface area contributed by atoms with Crippen LogP contribution >= 0.6 is 11.8 Å². The maximum atomic E-state index is 11.3. The molecule has 0 N–H and O–H groups in total. The van der Waals surface area contributed by atoms with Crippen molar-refractivity contribution in [1.82, 2.24) is 4.42 Å². The molecule has 0 atom stereocenters. The topological polar surface area (TPSA) is 29.5 Å². The monoisotopic (exact) mass is 221 g/mol. The lowest BCUT2D eigenvalue weighted by molar-refractivity contribution is -0.154. The molecule has 0 radical (unpaired) electrons. The smallest absolute Gasteiger partial charge is 0.307 e. The predicted molar refractivity (Wildman–Crippen MR) is 58.2 cm³/mol. The number of carbonyl (C=O) groups excluding carboxylic acids is 1. The van der Waals surface area contributed by atoms with E-state index in [1.165, 1.54) is 0 Å². The van der Waals surface area contributed by atoms with Gasteiger partial charge in [-0.15, -0.1) is 0 Å². The standard InChI is InChI=1S/C10H20ClNO2/c1-5-7-12(11)8-6-9(13)14-10(2,3)4/h5-8H2,1-4H3. The van der Waals surface area contributed by atoms with Gasteiger partial charge in [-0.1, -0.05) is 6.92 Å². The first-order valence-electron chi connectivity index (χ1n) is 4.97. The first-order valence-corrected chi connectivity index (χ1v) is 5.31. The summed E-state index contributed by atoms with van der Waals surface area (Å²) in [6, 6.07) is 0. The third-order valence-electron chi connectivity index (χ3n) is 1.44. The molecule has 0 aromatic heterocycles. The zero-order valence-electron chi connectivity index (χ0n) is 9.47. The summed E-state index contributed by atoms with van der Waals surface area (Å²) in [5.74, 6) is -0.195. The second kappa shape index (κ2) is 6.25. The Bertz CT molecular complexity index is 177. The Kier molecular flexibility index (Phi) is 6.12. The molecule has 0 unspecified atom stereocenters. The Labute approximate surface area is 91.5 Å². The zero-order valence-corrected chi connectivity index (χ0v) is 10.2. The molecule has 0 heterocycles. The van der Waals surface area contributed by atoms with E-state index in [0.29, 0.717) is 13.0 Å². The molecule has 0 saturated heterocycles. The molecule has 0 aromatic rings. The van der Waals surface area contributed by atoms with Crippen LogP contribution in [0.2, 0.25) is 0 Å². The van der Waals surface area contributed by atoms with Crippen LogP contribution in [0.15, 0.2) is 0 Å². The van der Waals surface area contributed by atoms with Crippen molar-refractivity contribution in [2.45, 2.75) is 46.1 Å². The quantitative estimate of drug-likeness (QED) is 0.528. The fraction of sp³-hybridized carbons (Fsp3) is 0.900. The maximum Gasteiger partial charge on any atom is 0.307 e. The second-order valence-corrected chi connectivity index (χ2v) is 4.72. The number of halogens is 1. The zero-order chi connectivity index (χ0) is 11.2. The predicted octanol–water partition coefficient (Wildman–Crippen LogP) is 2.58. The molecule has 3 nitrogen and oxygen atoms in total. The van der Waals surface area contributed by atoms with Crippen LogP contribution in [0, 0.1) is 0 Å². The molecule has 0 fully saturated rings. The highest BCUT2D eigenvalue weighted by molar-refractivity contribution is 6.13. The minimum absolute atomic E-state index is 0.195. The molecule has 0 aliphatic heterocycles. The lowest BCUT2D eigenvalue weighted by Gasteiger charge is -2.20. The van der Waals surface area contributed by atoms with Crippen LogP contribution < -0.4 is 0 Å². The molecule has 0 aliphatic carbocycles. The van der Waals surface area contributed by atoms with E-state index in [4.69, 9.17) is 16.5 Å². The van der Waals surface area contributed by atoms with Crippen molar-refractivity contribution in [3.63, 3.8) is 0 Å². The SMILES string of the molecule is CCCN(Cl)CCC(=O)OC(C)(C)C. The highest BCUT2D eigenvalue weighted by atomic mass is 35.5. The van der Waals surface area contributed by atoms with E-state index in [1.54, 1.807) is 4.42 Å². The summed E-state index contributed by atoms with van der Waals surface area (Å²) in [4.78, 5) is 11.3. The molecule has 0 aromatic carbocycles. The molecular formula is C10H20ClNO2. The lowest BCUT2D eigenvalue weighted by Crippen LogP contribution is -2.26. The van der Waals surface area contributed by atoms with Crippen LogP contribution in [0.5, 0.6) is 0 Å². The van der Waals surface area contributed by atoms with Gasteiger partial charge in [-0.05, 0) is 39.0 Å². The molecule has 0 amide bonds. The summed E-state index contributed by atoms with van der Waals surface area (Å²) < 4.78 is 6.76. The number of rotatable bonds is 5. The van der Waals surface area contributed by atoms with Crippen molar-refractivity contribution in [1.29, 1.82) is 0 Å². The van der Waals surface area contributed by atoms with E-state index in [-0.39, 0.29) is 5.97 Å². The van der Waals surface area contributed by atoms with Crippen LogP contribution in [-0.2, 0) is 9.53 Å². The normalized spacial score (nSPS) is 11.9. The largest absolute Gasteiger partial charge is 0.460 e. The van der Waals surface area contributed by atoms with Gasteiger partial charge >= 0.3 is 5.97 Å². The number of carbonyl (C=O) groups is 1. The molecule has 0 bridgehead atoms. The lowest BCUT2D eigenvalue weighted by atomic mass is 10.2. The Morgan fingerprint density at radius 3 is 2.36 bits per heavy atom. The number of esters is 1. The van der Waals surface area contributed by atoms with E-state index in [0.717, 1.165) is 13.0 Å². The molecule has 14 heavy (non-hydrogen) atoms. The number of ether oxygens (including phenoxy) is 1. The Balaban J connectivity index is 3.64. The third-order valence-corrected chi connectivity index (χ3v) is 1.78. The van der Waals surface area contributed by atoms with Crippen molar-refractivity contribution in [2.75, 3.05) is 13.1 Å². The van der Waals surface area contributed by atoms with Crippen LogP contribution in [-0.4, -0.2) is 29.1 Å². The summed E-state index contributed by atoms with van der Waals surface area (Å²) in [6.45, 7) is 8.96. The van der Waals surface area contributed by atoms with Crippen LogP contribution in [0.1, 0.15) is 40.5 Å². The highest BCUT2D eigenvalue weighted by Gasteiger charge is 2.16. The average Bonchev–Trinajstić information content (AvgIpc) is 1.98. The summed E-state index contributed by atoms with van der Waals surface area (Å²) in [5.41, 5.74) is -0.404. The minimum Gasteiger partial charge on any atom is -0.460 e. The maximum absolute atomic E-state index is 11.3. The van der Waals surface area contributed by atoms with Gasteiger partial charge in [0.2, 0.25) is 0 Å². The van der Waals surface area contributed by atoms with Gasteiger partial charge in [0.05, 0.1) is 6.42 Å². The van der Waals surface area contributed by atoms with E-state index in [1.807, 2.05) is 27.7 Å². The van der Waals surface area contributed by atoms with E-state index < -0.39 is 5.60 Å². The van der Waals surface area contributed by atoms with Gasteiger partial charge in [0.25, 0.3) is 0 Å². The molecule has 0 aliphatic rings. The Morgan fingerprint density at radius 1 is 1.36 bits per heavy atom. The van der Waals surface area contributed by atoms with Crippen LogP contribution in [0.3, 0.4) is 0 Å². The highest BCUT2D eigenvalue weighted by Crippen LogP contribution is 2.09. The third kappa shape index (κ3) is 8.32. The molecule has 0 rings (SSSR count). The average molecular weight is 222 g/mol. The van der Waals surface area contributed by atoms with Gasteiger partial charge < -0.3 is 4.74 Å². The van der Waals surface area contributed by atoms with Gasteiger partial charge in [0.1, 0.15) is 5.60 Å². The van der Waals surface area contributed by atoms with Crippen LogP contribution in [0.25, 0.3) is 0 Å². The van der Waals surface area contributed by atoms with Crippen molar-refractivity contribution in [2.24, 2.45) is 0 Å². The molecule has 0 saturated carbocycles. The van der Waals surface area contributed by atoms with E-state index >= 15 is 0 Å². The Hall–Kier alpha value is -0.280. The van der Waals surface area contributed by atoms with E-state index in [9.17, 15) is 4.79 Å². The van der Waals surface area contributed by atoms with Gasteiger partial charge in [0, 0.05) is 13.1 Å². The molecular weight excluding hydrogens is 202 g/mol. The molecule has 4 heteroatoms. The number of hydrogen-bond acceptors (Lipinski definition) is 3. The van der Waals surface area contributed by atoms with Crippen LogP contribution in [0.4, 0.5) is 0 Å². The van der Waals surface area contributed by atoms with Crippen molar-refractivity contribution < 1.29 is 9.53 Å². The molecule has 84 valence electrons. The van der Waals surface area contributed by atoms with Gasteiger partial charge in [-0.25, -0.2) is 4.42 Å². The summed E-state index contributed by atoms with van der Waals surface area (Å²) in [6.07, 6.45) is 1.33. The minimum atomic E-state index is -0.404. The second-order valence-electron chi connectivity index (χ2n) is 4.25. The van der Waals surface area contributed by atoms with Crippen molar-refractivity contribution >= 4 is 17.7 Å². The molecule has 0 spiro atoms. The first-order chi connectivity index (χ1) is 6.35. The van der Waals surface area contributed by atoms with Crippen molar-refractivity contribution in [3.05, 3.63) is 0 Å². The van der Waals surface area contributed by atoms with E-state index in [2.05, 4.69) is 0 Å². The summed E-state index contributed by atoms with van der Waals surface area (Å²) in [7, 11) is 0. The first kappa shape index (κ1) is 13.7. The fourth-order valence-corrected chi connectivity index (χ4v) is 1.21. The van der Waals surface area contributed by atoms with Crippen molar-refractivity contribution in [3.8, 4) is 0 Å². The van der Waals surface area contributed by atoms with Gasteiger partial charge in [0.15, 0.2) is 0 Å². The number of nitrogens with zero attached hydrogens (tertiary/aromatic N) is 1. The summed E-state index contributed by atoms with van der Waals surface area (Å²) >= 11 is 5.82. The Morgan fingerprint density at radius 2 is 1.93 bits per heavy atom. The number of hydrogen-bond donors (Lipinski definition) is 0. The fourth-order valence-electron chi connectivity index (χ4n) is 0.960. The van der Waals surface area contributed by atoms with Gasteiger partial charge in [-0.2, -0.15) is 0 Å². The summed E-state index contributed by atoms with van der Waals surface area (Å²) in [5, 5.41) is 0. The van der Waals surface area contributed by atoms with Gasteiger partial charge in [-0.3, -0.25) is 4.79 Å².